The Morgan fingerprint density at radius 1 is 1.33 bits per heavy atom. The van der Waals surface area contributed by atoms with Crippen LogP contribution in [0.25, 0.3) is 0 Å². The Hall–Kier alpha value is -0.120. The van der Waals surface area contributed by atoms with E-state index < -0.39 is 0 Å². The third-order valence-corrected chi connectivity index (χ3v) is 1.92. The lowest BCUT2D eigenvalue weighted by molar-refractivity contribution is 0.0849. The van der Waals surface area contributed by atoms with Gasteiger partial charge in [0.15, 0.2) is 0 Å². The predicted octanol–water partition coefficient (Wildman–Crippen LogP) is 1.02. The van der Waals surface area contributed by atoms with Crippen molar-refractivity contribution in [2.75, 3.05) is 33.5 Å². The molecule has 1 unspecified atom stereocenters. The minimum atomic E-state index is 0.612. The van der Waals surface area contributed by atoms with Gasteiger partial charge in [0.25, 0.3) is 0 Å². The molecule has 0 spiro atoms. The van der Waals surface area contributed by atoms with Crippen molar-refractivity contribution < 1.29 is 9.47 Å². The third kappa shape index (κ3) is 6.58. The lowest BCUT2D eigenvalue weighted by Crippen LogP contribution is -2.15. The number of rotatable bonds is 8. The number of ether oxygens (including phenoxy) is 2. The van der Waals surface area contributed by atoms with E-state index in [0.29, 0.717) is 19.1 Å². The van der Waals surface area contributed by atoms with Crippen LogP contribution in [0.5, 0.6) is 0 Å². The summed E-state index contributed by atoms with van der Waals surface area (Å²) in [6.07, 6.45) is 2.23. The summed E-state index contributed by atoms with van der Waals surface area (Å²) < 4.78 is 10.4. The van der Waals surface area contributed by atoms with Crippen molar-refractivity contribution in [3.63, 3.8) is 0 Å². The SMILES string of the molecule is CCC(CCOC)COCCN. The first kappa shape index (κ1) is 11.9. The fraction of sp³-hybridized carbons (Fsp3) is 1.00. The second kappa shape index (κ2) is 8.97. The summed E-state index contributed by atoms with van der Waals surface area (Å²) >= 11 is 0. The summed E-state index contributed by atoms with van der Waals surface area (Å²) in [5, 5.41) is 0. The average molecular weight is 175 g/mol. The number of nitrogens with two attached hydrogens (primary N) is 1. The number of methoxy groups -OCH3 is 1. The minimum Gasteiger partial charge on any atom is -0.385 e. The van der Waals surface area contributed by atoms with Gasteiger partial charge >= 0.3 is 0 Å². The highest BCUT2D eigenvalue weighted by Gasteiger charge is 2.05. The van der Waals surface area contributed by atoms with Crippen molar-refractivity contribution in [1.29, 1.82) is 0 Å². The van der Waals surface area contributed by atoms with Crippen LogP contribution in [-0.4, -0.2) is 33.5 Å². The summed E-state index contributed by atoms with van der Waals surface area (Å²) in [5.41, 5.74) is 5.31. The molecule has 0 rings (SSSR count). The Morgan fingerprint density at radius 2 is 2.08 bits per heavy atom. The molecule has 0 radical (unpaired) electrons. The molecule has 0 fully saturated rings. The highest BCUT2D eigenvalue weighted by Crippen LogP contribution is 2.08. The molecular weight excluding hydrogens is 154 g/mol. The Kier molecular flexibility index (Phi) is 8.88. The van der Waals surface area contributed by atoms with Crippen LogP contribution >= 0.6 is 0 Å². The van der Waals surface area contributed by atoms with Crippen molar-refractivity contribution in [1.82, 2.24) is 0 Å². The second-order valence-corrected chi connectivity index (χ2v) is 2.92. The van der Waals surface area contributed by atoms with E-state index >= 15 is 0 Å². The molecule has 0 bridgehead atoms. The maximum atomic E-state index is 5.35. The summed E-state index contributed by atoms with van der Waals surface area (Å²) in [6.45, 7) is 5.10. The molecule has 0 amide bonds. The van der Waals surface area contributed by atoms with Crippen LogP contribution in [0.15, 0.2) is 0 Å². The molecule has 74 valence electrons. The van der Waals surface area contributed by atoms with Gasteiger partial charge in [-0.3, -0.25) is 0 Å². The highest BCUT2D eigenvalue weighted by atomic mass is 16.5. The Morgan fingerprint density at radius 3 is 2.58 bits per heavy atom. The number of hydrogen-bond acceptors (Lipinski definition) is 3. The summed E-state index contributed by atoms with van der Waals surface area (Å²) in [4.78, 5) is 0. The first-order chi connectivity index (χ1) is 5.85. The molecule has 0 aromatic carbocycles. The van der Waals surface area contributed by atoms with Crippen LogP contribution in [-0.2, 0) is 9.47 Å². The fourth-order valence-corrected chi connectivity index (χ4v) is 1.02. The molecule has 0 aliphatic rings. The molecule has 0 aromatic rings. The topological polar surface area (TPSA) is 44.5 Å². The minimum absolute atomic E-state index is 0.612. The van der Waals surface area contributed by atoms with Gasteiger partial charge in [0.2, 0.25) is 0 Å². The molecule has 3 heteroatoms. The quantitative estimate of drug-likeness (QED) is 0.560. The molecule has 3 nitrogen and oxygen atoms in total. The molecule has 0 aromatic heterocycles. The van der Waals surface area contributed by atoms with Crippen LogP contribution in [0.2, 0.25) is 0 Å². The molecule has 0 saturated heterocycles. The smallest absolute Gasteiger partial charge is 0.0588 e. The normalized spacial score (nSPS) is 13.2. The number of hydrogen-bond donors (Lipinski definition) is 1. The van der Waals surface area contributed by atoms with Gasteiger partial charge in [0, 0.05) is 26.9 Å². The molecule has 0 aliphatic heterocycles. The van der Waals surface area contributed by atoms with Gasteiger partial charge in [-0.1, -0.05) is 13.3 Å². The van der Waals surface area contributed by atoms with E-state index in [9.17, 15) is 0 Å². The molecule has 0 saturated carbocycles. The Balaban J connectivity index is 3.26. The van der Waals surface area contributed by atoms with Crippen LogP contribution in [0.4, 0.5) is 0 Å². The highest BCUT2D eigenvalue weighted by molar-refractivity contribution is 4.55. The standard InChI is InChI=1S/C9H21NO2/c1-3-9(4-6-11-2)8-12-7-5-10/h9H,3-8,10H2,1-2H3. The molecular formula is C9H21NO2. The monoisotopic (exact) mass is 175 g/mol. The zero-order valence-corrected chi connectivity index (χ0v) is 8.21. The van der Waals surface area contributed by atoms with E-state index in [-0.39, 0.29) is 0 Å². The van der Waals surface area contributed by atoms with Crippen LogP contribution < -0.4 is 5.73 Å². The summed E-state index contributed by atoms with van der Waals surface area (Å²) in [7, 11) is 1.73. The van der Waals surface area contributed by atoms with Gasteiger partial charge in [-0.2, -0.15) is 0 Å². The van der Waals surface area contributed by atoms with Crippen molar-refractivity contribution in [3.05, 3.63) is 0 Å². The van der Waals surface area contributed by atoms with E-state index in [4.69, 9.17) is 15.2 Å². The maximum absolute atomic E-state index is 5.35. The fourth-order valence-electron chi connectivity index (χ4n) is 1.02. The van der Waals surface area contributed by atoms with E-state index in [2.05, 4.69) is 6.92 Å². The van der Waals surface area contributed by atoms with E-state index in [1.54, 1.807) is 7.11 Å². The zero-order chi connectivity index (χ0) is 9.23. The lowest BCUT2D eigenvalue weighted by Gasteiger charge is -2.13. The van der Waals surface area contributed by atoms with E-state index in [1.807, 2.05) is 0 Å². The Bertz CT molecular complexity index is 88.6. The largest absolute Gasteiger partial charge is 0.385 e. The molecule has 0 aliphatic carbocycles. The Labute approximate surface area is 75.2 Å². The molecule has 12 heavy (non-hydrogen) atoms. The summed E-state index contributed by atoms with van der Waals surface area (Å²) in [5.74, 6) is 0.622. The third-order valence-electron chi connectivity index (χ3n) is 1.92. The van der Waals surface area contributed by atoms with Crippen molar-refractivity contribution in [2.24, 2.45) is 11.7 Å². The first-order valence-corrected chi connectivity index (χ1v) is 4.61. The van der Waals surface area contributed by atoms with Gasteiger partial charge < -0.3 is 15.2 Å². The van der Waals surface area contributed by atoms with Crippen molar-refractivity contribution in [3.8, 4) is 0 Å². The predicted molar refractivity (Wildman–Crippen MR) is 50.1 cm³/mol. The van der Waals surface area contributed by atoms with Crippen molar-refractivity contribution >= 4 is 0 Å². The van der Waals surface area contributed by atoms with Crippen LogP contribution in [0.1, 0.15) is 19.8 Å². The summed E-state index contributed by atoms with van der Waals surface area (Å²) in [6, 6.07) is 0. The lowest BCUT2D eigenvalue weighted by atomic mass is 10.0. The molecule has 2 N–H and O–H groups in total. The molecule has 1 atom stereocenters. The van der Waals surface area contributed by atoms with E-state index in [0.717, 1.165) is 26.1 Å². The van der Waals surface area contributed by atoms with Gasteiger partial charge in [0.1, 0.15) is 0 Å². The van der Waals surface area contributed by atoms with Crippen LogP contribution in [0, 0.1) is 5.92 Å². The molecule has 0 heterocycles. The van der Waals surface area contributed by atoms with Gasteiger partial charge in [-0.25, -0.2) is 0 Å². The maximum Gasteiger partial charge on any atom is 0.0588 e. The van der Waals surface area contributed by atoms with Gasteiger partial charge in [0.05, 0.1) is 6.61 Å². The van der Waals surface area contributed by atoms with Crippen molar-refractivity contribution in [2.45, 2.75) is 19.8 Å². The zero-order valence-electron chi connectivity index (χ0n) is 8.21. The van der Waals surface area contributed by atoms with Gasteiger partial charge in [-0.15, -0.1) is 0 Å². The van der Waals surface area contributed by atoms with E-state index in [1.165, 1.54) is 0 Å². The second-order valence-electron chi connectivity index (χ2n) is 2.92. The van der Waals surface area contributed by atoms with Crippen LogP contribution in [0.3, 0.4) is 0 Å². The average Bonchev–Trinajstić information content (AvgIpc) is 2.11. The first-order valence-electron chi connectivity index (χ1n) is 4.61. The van der Waals surface area contributed by atoms with Gasteiger partial charge in [-0.05, 0) is 12.3 Å².